The Balaban J connectivity index is 1.56. The molecular formula is C23H29N7O2. The molecule has 9 heteroatoms. The Kier molecular flexibility index (Phi) is 6.07. The van der Waals surface area contributed by atoms with Gasteiger partial charge in [-0.3, -0.25) is 4.68 Å². The highest BCUT2D eigenvalue weighted by Crippen LogP contribution is 2.32. The lowest BCUT2D eigenvalue weighted by Crippen LogP contribution is -2.35. The van der Waals surface area contributed by atoms with Gasteiger partial charge in [-0.25, -0.2) is 14.8 Å². The van der Waals surface area contributed by atoms with Crippen LogP contribution < -0.4 is 10.6 Å². The maximum absolute atomic E-state index is 12.4. The summed E-state index contributed by atoms with van der Waals surface area (Å²) < 4.78 is 7.17. The fraction of sp³-hybridized carbons (Fsp3) is 0.435. The van der Waals surface area contributed by atoms with Gasteiger partial charge in [0.15, 0.2) is 5.82 Å². The number of anilines is 2. The molecular weight excluding hydrogens is 406 g/mol. The number of benzene rings is 1. The van der Waals surface area contributed by atoms with Gasteiger partial charge < -0.3 is 15.4 Å². The number of hydrogen-bond donors (Lipinski definition) is 2. The van der Waals surface area contributed by atoms with Crippen LogP contribution >= 0.6 is 0 Å². The normalized spacial score (nSPS) is 16.1. The van der Waals surface area contributed by atoms with Gasteiger partial charge in [-0.1, -0.05) is 18.6 Å². The highest BCUT2D eigenvalue weighted by molar-refractivity contribution is 5.69. The second-order valence-electron chi connectivity index (χ2n) is 9.02. The average Bonchev–Trinajstić information content (AvgIpc) is 3.02. The predicted molar refractivity (Wildman–Crippen MR) is 121 cm³/mol. The summed E-state index contributed by atoms with van der Waals surface area (Å²) >= 11 is 0. The molecule has 4 rings (SSSR count). The van der Waals surface area contributed by atoms with Gasteiger partial charge in [0, 0.05) is 18.8 Å². The van der Waals surface area contributed by atoms with E-state index in [1.165, 1.54) is 11.9 Å². The van der Waals surface area contributed by atoms with E-state index in [1.54, 1.807) is 10.9 Å². The van der Waals surface area contributed by atoms with Crippen molar-refractivity contribution in [2.75, 3.05) is 5.32 Å². The van der Waals surface area contributed by atoms with E-state index in [0.29, 0.717) is 11.8 Å². The van der Waals surface area contributed by atoms with E-state index in [2.05, 4.69) is 42.8 Å². The van der Waals surface area contributed by atoms with Gasteiger partial charge in [0.2, 0.25) is 5.95 Å². The number of amides is 1. The summed E-state index contributed by atoms with van der Waals surface area (Å²) in [6, 6.07) is 6.11. The first-order valence-corrected chi connectivity index (χ1v) is 10.8. The SMILES string of the molecule is Cn1cc(Nc2ncnc(-c3ccc4c(c3)CCCC[C@H]4NC(=O)OC(C)(C)C)n2)cn1. The Bertz CT molecular complexity index is 1100. The Morgan fingerprint density at radius 3 is 2.81 bits per heavy atom. The second kappa shape index (κ2) is 8.94. The maximum Gasteiger partial charge on any atom is 0.408 e. The topological polar surface area (TPSA) is 107 Å². The van der Waals surface area contributed by atoms with Gasteiger partial charge in [0.05, 0.1) is 17.9 Å². The van der Waals surface area contributed by atoms with Crippen molar-refractivity contribution in [1.29, 1.82) is 0 Å². The van der Waals surface area contributed by atoms with Crippen molar-refractivity contribution in [3.05, 3.63) is 48.0 Å². The molecule has 1 aliphatic rings. The van der Waals surface area contributed by atoms with Crippen LogP contribution in [0.4, 0.5) is 16.4 Å². The minimum atomic E-state index is -0.526. The fourth-order valence-electron chi connectivity index (χ4n) is 3.83. The monoisotopic (exact) mass is 435 g/mol. The molecule has 9 nitrogen and oxygen atoms in total. The lowest BCUT2D eigenvalue weighted by Gasteiger charge is -2.24. The summed E-state index contributed by atoms with van der Waals surface area (Å²) in [6.07, 6.45) is 8.61. The van der Waals surface area contributed by atoms with Gasteiger partial charge in [0.25, 0.3) is 0 Å². The number of carbonyl (C=O) groups is 1. The third kappa shape index (κ3) is 5.40. The Morgan fingerprint density at radius 2 is 2.06 bits per heavy atom. The van der Waals surface area contributed by atoms with Crippen molar-refractivity contribution in [3.63, 3.8) is 0 Å². The number of hydrogen-bond acceptors (Lipinski definition) is 7. The Labute approximate surface area is 187 Å². The number of nitrogens with zero attached hydrogens (tertiary/aromatic N) is 5. The van der Waals surface area contributed by atoms with Crippen LogP contribution in [0.1, 0.15) is 57.2 Å². The lowest BCUT2D eigenvalue weighted by molar-refractivity contribution is 0.0501. The first-order chi connectivity index (χ1) is 15.3. The molecule has 0 unspecified atom stereocenters. The second-order valence-corrected chi connectivity index (χ2v) is 9.02. The molecule has 3 aromatic rings. The molecule has 1 aromatic carbocycles. The van der Waals surface area contributed by atoms with E-state index >= 15 is 0 Å². The molecule has 0 saturated carbocycles. The number of fused-ring (bicyclic) bond motifs is 1. The van der Waals surface area contributed by atoms with Gasteiger partial charge in [-0.2, -0.15) is 10.1 Å². The number of alkyl carbamates (subject to hydrolysis) is 1. The largest absolute Gasteiger partial charge is 0.444 e. The predicted octanol–water partition coefficient (Wildman–Crippen LogP) is 4.31. The van der Waals surface area contributed by atoms with Crippen molar-refractivity contribution in [2.45, 2.75) is 58.1 Å². The number of aromatic nitrogens is 5. The molecule has 0 bridgehead atoms. The van der Waals surface area contributed by atoms with E-state index < -0.39 is 5.60 Å². The molecule has 0 radical (unpaired) electrons. The van der Waals surface area contributed by atoms with Crippen LogP contribution in [-0.2, 0) is 18.2 Å². The molecule has 1 amide bonds. The molecule has 2 aromatic heterocycles. The molecule has 0 fully saturated rings. The van der Waals surface area contributed by atoms with E-state index in [-0.39, 0.29) is 12.1 Å². The maximum atomic E-state index is 12.4. The van der Waals surface area contributed by atoms with Crippen molar-refractivity contribution in [2.24, 2.45) is 7.05 Å². The quantitative estimate of drug-likeness (QED) is 0.588. The summed E-state index contributed by atoms with van der Waals surface area (Å²) in [6.45, 7) is 5.60. The highest BCUT2D eigenvalue weighted by Gasteiger charge is 2.24. The molecule has 0 aliphatic heterocycles. The first kappa shape index (κ1) is 21.7. The fourth-order valence-corrected chi connectivity index (χ4v) is 3.83. The zero-order valence-electron chi connectivity index (χ0n) is 18.9. The van der Waals surface area contributed by atoms with E-state index in [0.717, 1.165) is 42.5 Å². The third-order valence-corrected chi connectivity index (χ3v) is 5.19. The van der Waals surface area contributed by atoms with Gasteiger partial charge >= 0.3 is 6.09 Å². The minimum absolute atomic E-state index is 0.0717. The summed E-state index contributed by atoms with van der Waals surface area (Å²) in [5.41, 5.74) is 3.52. The zero-order chi connectivity index (χ0) is 22.7. The number of nitrogens with one attached hydrogen (secondary N) is 2. The summed E-state index contributed by atoms with van der Waals surface area (Å²) in [5, 5.41) is 10.3. The average molecular weight is 436 g/mol. The lowest BCUT2D eigenvalue weighted by atomic mass is 9.96. The van der Waals surface area contributed by atoms with E-state index in [9.17, 15) is 4.79 Å². The summed E-state index contributed by atoms with van der Waals surface area (Å²) in [5.74, 6) is 1.05. The van der Waals surface area contributed by atoms with Crippen molar-refractivity contribution in [3.8, 4) is 11.4 Å². The van der Waals surface area contributed by atoms with Crippen LogP contribution in [0, 0.1) is 0 Å². The van der Waals surface area contributed by atoms with Crippen LogP contribution in [0.15, 0.2) is 36.9 Å². The van der Waals surface area contributed by atoms with Crippen molar-refractivity contribution in [1.82, 2.24) is 30.0 Å². The molecule has 0 spiro atoms. The number of ether oxygens (including phenoxy) is 1. The van der Waals surface area contributed by atoms with Crippen LogP contribution in [0.3, 0.4) is 0 Å². The smallest absolute Gasteiger partial charge is 0.408 e. The zero-order valence-corrected chi connectivity index (χ0v) is 18.9. The van der Waals surface area contributed by atoms with Crippen molar-refractivity contribution < 1.29 is 9.53 Å². The molecule has 1 atom stereocenters. The summed E-state index contributed by atoms with van der Waals surface area (Å²) in [7, 11) is 1.85. The van der Waals surface area contributed by atoms with Crippen LogP contribution in [0.2, 0.25) is 0 Å². The van der Waals surface area contributed by atoms with Crippen molar-refractivity contribution >= 4 is 17.7 Å². The number of aryl methyl sites for hydroxylation is 2. The molecule has 1 aliphatic carbocycles. The van der Waals surface area contributed by atoms with Crippen LogP contribution in [0.25, 0.3) is 11.4 Å². The first-order valence-electron chi connectivity index (χ1n) is 10.8. The molecule has 2 heterocycles. The van der Waals surface area contributed by atoms with Gasteiger partial charge in [0.1, 0.15) is 11.9 Å². The number of carbonyl (C=O) groups excluding carboxylic acids is 1. The minimum Gasteiger partial charge on any atom is -0.444 e. The van der Waals surface area contributed by atoms with Crippen LogP contribution in [0.5, 0.6) is 0 Å². The van der Waals surface area contributed by atoms with Gasteiger partial charge in [-0.15, -0.1) is 0 Å². The van der Waals surface area contributed by atoms with Crippen LogP contribution in [-0.4, -0.2) is 36.4 Å². The highest BCUT2D eigenvalue weighted by atomic mass is 16.6. The Hall–Kier alpha value is -3.49. The molecule has 0 saturated heterocycles. The van der Waals surface area contributed by atoms with E-state index in [1.807, 2.05) is 40.1 Å². The Morgan fingerprint density at radius 1 is 1.22 bits per heavy atom. The van der Waals surface area contributed by atoms with Gasteiger partial charge in [-0.05, 0) is 57.2 Å². The summed E-state index contributed by atoms with van der Waals surface area (Å²) in [4.78, 5) is 25.5. The van der Waals surface area contributed by atoms with E-state index in [4.69, 9.17) is 4.74 Å². The molecule has 2 N–H and O–H groups in total. The standard InChI is InChI=1S/C23H29N7O2/c1-23(2,3)32-22(31)28-19-8-6-5-7-15-11-16(9-10-18(15)19)20-24-14-25-21(29-20)27-17-12-26-30(4)13-17/h9-14,19H,5-8H2,1-4H3,(H,28,31)(H,24,25,27,29)/t19-/m1/s1. The molecule has 168 valence electrons. The molecule has 32 heavy (non-hydrogen) atoms. The number of rotatable bonds is 4. The third-order valence-electron chi connectivity index (χ3n) is 5.19.